The van der Waals surface area contributed by atoms with Gasteiger partial charge in [0.25, 0.3) is 5.91 Å². The predicted molar refractivity (Wildman–Crippen MR) is 172 cm³/mol. The minimum absolute atomic E-state index is 0.0972. The van der Waals surface area contributed by atoms with Gasteiger partial charge >= 0.3 is 0 Å². The number of methoxy groups -OCH3 is 1. The fraction of sp³-hybridized carbons (Fsp3) is 0.472. The molecule has 3 fully saturated rings. The van der Waals surface area contributed by atoms with Crippen molar-refractivity contribution in [2.45, 2.75) is 63.4 Å². The number of aliphatic hydroxyl groups is 1. The number of carbonyl (C=O) groups excluding carboxylic acids is 3. The number of hydrogen-bond acceptors (Lipinski definition) is 6. The van der Waals surface area contributed by atoms with Gasteiger partial charge in [-0.05, 0) is 48.6 Å². The van der Waals surface area contributed by atoms with Crippen LogP contribution in [0.2, 0.25) is 0 Å². The first-order valence-electron chi connectivity index (χ1n) is 15.9. The lowest BCUT2D eigenvalue weighted by atomic mass is 9.70. The van der Waals surface area contributed by atoms with Crippen LogP contribution in [-0.2, 0) is 25.7 Å². The van der Waals surface area contributed by atoms with Crippen molar-refractivity contribution in [2.24, 2.45) is 17.8 Å². The van der Waals surface area contributed by atoms with Crippen LogP contribution in [0.1, 0.15) is 38.7 Å². The summed E-state index contributed by atoms with van der Waals surface area (Å²) < 4.78 is 12.1. The Morgan fingerprint density at radius 1 is 1.11 bits per heavy atom. The Morgan fingerprint density at radius 2 is 1.80 bits per heavy atom. The summed E-state index contributed by atoms with van der Waals surface area (Å²) in [7, 11) is 1.58. The largest absolute Gasteiger partial charge is 0.497 e. The Labute approximate surface area is 266 Å². The van der Waals surface area contributed by atoms with Gasteiger partial charge in [-0.3, -0.25) is 14.4 Å². The number of rotatable bonds is 14. The maximum absolute atomic E-state index is 14.8. The Morgan fingerprint density at radius 3 is 2.40 bits per heavy atom. The molecule has 5 rings (SSSR count). The molecular formula is C36H45N3O6. The van der Waals surface area contributed by atoms with Crippen LogP contribution in [0.3, 0.4) is 0 Å². The van der Waals surface area contributed by atoms with Crippen LogP contribution in [-0.4, -0.2) is 83.2 Å². The second-order valence-corrected chi connectivity index (χ2v) is 12.4. The first-order valence-corrected chi connectivity index (χ1v) is 15.9. The number of amides is 3. The van der Waals surface area contributed by atoms with E-state index in [-0.39, 0.29) is 36.8 Å². The lowest BCUT2D eigenvalue weighted by molar-refractivity contribution is -0.148. The number of benzene rings is 2. The fourth-order valence-corrected chi connectivity index (χ4v) is 7.59. The number of anilines is 1. The summed E-state index contributed by atoms with van der Waals surface area (Å²) in [5.74, 6) is -1.85. The molecule has 7 atom stereocenters. The molecule has 2 bridgehead atoms. The van der Waals surface area contributed by atoms with Crippen LogP contribution in [0.5, 0.6) is 5.75 Å². The van der Waals surface area contributed by atoms with E-state index in [1.807, 2.05) is 44.2 Å². The molecule has 0 radical (unpaired) electrons. The molecule has 2 aromatic rings. The number of nitrogens with zero attached hydrogens (tertiary/aromatic N) is 3. The van der Waals surface area contributed by atoms with E-state index in [1.165, 1.54) is 0 Å². The maximum Gasteiger partial charge on any atom is 0.253 e. The zero-order valence-corrected chi connectivity index (χ0v) is 26.5. The molecular weight excluding hydrogens is 570 g/mol. The maximum atomic E-state index is 14.8. The molecule has 1 spiro atoms. The highest BCUT2D eigenvalue weighted by Crippen LogP contribution is 2.59. The Kier molecular flexibility index (Phi) is 9.79. The minimum atomic E-state index is -1.20. The third kappa shape index (κ3) is 5.68. The first kappa shape index (κ1) is 32.4. The van der Waals surface area contributed by atoms with E-state index >= 15 is 0 Å². The number of hydrogen-bond donors (Lipinski definition) is 1. The van der Waals surface area contributed by atoms with Gasteiger partial charge in [0.1, 0.15) is 17.4 Å². The second-order valence-electron chi connectivity index (χ2n) is 12.4. The van der Waals surface area contributed by atoms with Crippen LogP contribution in [0, 0.1) is 17.8 Å². The van der Waals surface area contributed by atoms with Gasteiger partial charge in [0.15, 0.2) is 0 Å². The number of fused-ring (bicyclic) bond motifs is 1. The average Bonchev–Trinajstić information content (AvgIpc) is 3.71. The van der Waals surface area contributed by atoms with E-state index in [4.69, 9.17) is 9.47 Å². The van der Waals surface area contributed by atoms with Crippen molar-refractivity contribution in [3.63, 3.8) is 0 Å². The zero-order valence-electron chi connectivity index (χ0n) is 26.5. The van der Waals surface area contributed by atoms with Gasteiger partial charge in [-0.1, -0.05) is 62.8 Å². The van der Waals surface area contributed by atoms with E-state index in [9.17, 15) is 19.5 Å². The first-order chi connectivity index (χ1) is 21.8. The van der Waals surface area contributed by atoms with Crippen LogP contribution in [0.4, 0.5) is 5.69 Å². The zero-order chi connectivity index (χ0) is 32.3. The van der Waals surface area contributed by atoms with E-state index in [0.717, 1.165) is 5.56 Å². The van der Waals surface area contributed by atoms with Gasteiger partial charge in [-0.2, -0.15) is 0 Å². The molecule has 0 aliphatic carbocycles. The SMILES string of the molecule is C=CCN(Cc1ccccc1)C(=O)[C@@H]1[C@@H]2CCC3(O2)C(C(=O)N(CC=C)c2ccc(OC)cc2)N([C@@H](CO)[C@@H](C)CC)C(=O)[C@H]13. The topological polar surface area (TPSA) is 99.6 Å². The Balaban J connectivity index is 1.57. The molecule has 240 valence electrons. The summed E-state index contributed by atoms with van der Waals surface area (Å²) in [6, 6.07) is 15.2. The number of carbonyl (C=O) groups is 3. The van der Waals surface area contributed by atoms with Crippen LogP contribution in [0.15, 0.2) is 79.9 Å². The van der Waals surface area contributed by atoms with Crippen molar-refractivity contribution in [1.29, 1.82) is 0 Å². The molecule has 2 unspecified atom stereocenters. The third-order valence-corrected chi connectivity index (χ3v) is 9.94. The van der Waals surface area contributed by atoms with Crippen molar-refractivity contribution < 1.29 is 29.0 Å². The van der Waals surface area contributed by atoms with Crippen molar-refractivity contribution in [2.75, 3.05) is 31.7 Å². The number of aliphatic hydroxyl groups excluding tert-OH is 1. The van der Waals surface area contributed by atoms with Crippen molar-refractivity contribution in [3.8, 4) is 5.75 Å². The molecule has 3 heterocycles. The second kappa shape index (κ2) is 13.6. The highest BCUT2D eigenvalue weighted by atomic mass is 16.5. The van der Waals surface area contributed by atoms with Crippen LogP contribution >= 0.6 is 0 Å². The molecule has 45 heavy (non-hydrogen) atoms. The van der Waals surface area contributed by atoms with Crippen LogP contribution < -0.4 is 9.64 Å². The lowest BCUT2D eigenvalue weighted by Gasteiger charge is -2.40. The van der Waals surface area contributed by atoms with Gasteiger partial charge in [0, 0.05) is 25.3 Å². The normalized spacial score (nSPS) is 26.2. The number of likely N-dealkylation sites (tertiary alicyclic amines) is 1. The highest BCUT2D eigenvalue weighted by Gasteiger charge is 2.75. The van der Waals surface area contributed by atoms with E-state index in [1.54, 1.807) is 58.2 Å². The summed E-state index contributed by atoms with van der Waals surface area (Å²) in [5.41, 5.74) is 0.395. The predicted octanol–water partition coefficient (Wildman–Crippen LogP) is 4.21. The summed E-state index contributed by atoms with van der Waals surface area (Å²) in [6.45, 7) is 12.3. The quantitative estimate of drug-likeness (QED) is 0.320. The summed E-state index contributed by atoms with van der Waals surface area (Å²) >= 11 is 0. The third-order valence-electron chi connectivity index (χ3n) is 9.94. The molecule has 9 heteroatoms. The molecule has 9 nitrogen and oxygen atoms in total. The smallest absolute Gasteiger partial charge is 0.253 e. The monoisotopic (exact) mass is 615 g/mol. The van der Waals surface area contributed by atoms with Crippen molar-refractivity contribution >= 4 is 23.4 Å². The summed E-state index contributed by atoms with van der Waals surface area (Å²) in [6.07, 6.45) is 4.56. The van der Waals surface area contributed by atoms with E-state index < -0.39 is 35.6 Å². The van der Waals surface area contributed by atoms with Crippen LogP contribution in [0.25, 0.3) is 0 Å². The van der Waals surface area contributed by atoms with Gasteiger partial charge in [0.05, 0.1) is 37.7 Å². The van der Waals surface area contributed by atoms with Gasteiger partial charge in [0.2, 0.25) is 11.8 Å². The molecule has 3 amide bonds. The number of ether oxygens (including phenoxy) is 2. The molecule has 3 aliphatic rings. The summed E-state index contributed by atoms with van der Waals surface area (Å²) in [5, 5.41) is 10.7. The molecule has 3 saturated heterocycles. The van der Waals surface area contributed by atoms with Gasteiger partial charge in [-0.15, -0.1) is 13.2 Å². The average molecular weight is 616 g/mol. The van der Waals surface area contributed by atoms with Crippen molar-refractivity contribution in [3.05, 3.63) is 85.5 Å². The molecule has 0 aromatic heterocycles. The Bertz CT molecular complexity index is 1400. The highest BCUT2D eigenvalue weighted by molar-refractivity contribution is 6.05. The fourth-order valence-electron chi connectivity index (χ4n) is 7.59. The lowest BCUT2D eigenvalue weighted by Crippen LogP contribution is -2.60. The van der Waals surface area contributed by atoms with Gasteiger partial charge < -0.3 is 29.3 Å². The molecule has 3 aliphatic heterocycles. The summed E-state index contributed by atoms with van der Waals surface area (Å²) in [4.78, 5) is 48.8. The van der Waals surface area contributed by atoms with E-state index in [0.29, 0.717) is 43.8 Å². The van der Waals surface area contributed by atoms with E-state index in [2.05, 4.69) is 13.2 Å². The molecule has 1 N–H and O–H groups in total. The Hall–Kier alpha value is -3.95. The molecule has 0 saturated carbocycles. The standard InChI is InChI=1S/C36H45N3O6/c1-6-20-37(22-25-12-10-9-11-13-25)33(41)30-29-18-19-36(45-29)31(30)34(42)39(28(23-40)24(4)8-3)32(36)35(43)38(21-7-2)26-14-16-27(44-5)17-15-26/h6-7,9-17,24,28-32,40H,1-2,8,18-23H2,3-5H3/t24-,28-,29-,30+,31-,32?,36?/m0/s1. The van der Waals surface area contributed by atoms with Crippen molar-refractivity contribution in [1.82, 2.24) is 9.80 Å². The minimum Gasteiger partial charge on any atom is -0.497 e. The molecule has 2 aromatic carbocycles. The van der Waals surface area contributed by atoms with Gasteiger partial charge in [-0.25, -0.2) is 0 Å².